The van der Waals surface area contributed by atoms with Crippen molar-refractivity contribution in [2.45, 2.75) is 19.8 Å². The van der Waals surface area contributed by atoms with Gasteiger partial charge in [-0.2, -0.15) is 0 Å². The molecule has 0 saturated carbocycles. The minimum Gasteiger partial charge on any atom is -0.312 e. The van der Waals surface area contributed by atoms with Crippen molar-refractivity contribution in [3.8, 4) is 0 Å². The number of carbonyl (C=O) groups is 1. The van der Waals surface area contributed by atoms with Gasteiger partial charge in [0.1, 0.15) is 11.9 Å². The third-order valence-electron chi connectivity index (χ3n) is 3.11. The second-order valence-corrected chi connectivity index (χ2v) is 6.33. The maximum absolute atomic E-state index is 11.9. The molecule has 0 fully saturated rings. The molecule has 0 N–H and O–H groups in total. The van der Waals surface area contributed by atoms with Crippen LogP contribution in [-0.4, -0.2) is 26.2 Å². The maximum atomic E-state index is 11.9. The molecule has 0 heterocycles. The summed E-state index contributed by atoms with van der Waals surface area (Å²) in [7, 11) is -0.599. The van der Waals surface area contributed by atoms with Crippen molar-refractivity contribution >= 4 is 13.4 Å². The van der Waals surface area contributed by atoms with Gasteiger partial charge in [-0.15, -0.1) is 0 Å². The molecule has 2 unspecified atom stereocenters. The van der Waals surface area contributed by atoms with Gasteiger partial charge in [0.2, 0.25) is 0 Å². The molecule has 16 heavy (non-hydrogen) atoms. The molecule has 0 saturated heterocycles. The molecule has 0 aromatic carbocycles. The van der Waals surface area contributed by atoms with Gasteiger partial charge in [-0.3, -0.25) is 9.36 Å². The second-order valence-electron chi connectivity index (χ2n) is 4.06. The average Bonchev–Trinajstić information content (AvgIpc) is 2.81. The largest absolute Gasteiger partial charge is 0.337 e. The number of hydrogen-bond donors (Lipinski definition) is 0. The summed E-state index contributed by atoms with van der Waals surface area (Å²) < 4.78 is 21.3. The van der Waals surface area contributed by atoms with E-state index in [1.165, 1.54) is 14.2 Å². The monoisotopic (exact) mass is 246 g/mol. The highest BCUT2D eigenvalue weighted by molar-refractivity contribution is 7.54. The zero-order chi connectivity index (χ0) is 12.2. The van der Waals surface area contributed by atoms with Crippen LogP contribution in [-0.2, 0) is 18.4 Å². The highest BCUT2D eigenvalue weighted by Crippen LogP contribution is 2.47. The van der Waals surface area contributed by atoms with Crippen LogP contribution in [0, 0.1) is 11.8 Å². The lowest BCUT2D eigenvalue weighted by Crippen LogP contribution is -2.22. The van der Waals surface area contributed by atoms with Crippen LogP contribution in [0.5, 0.6) is 0 Å². The zero-order valence-corrected chi connectivity index (χ0v) is 10.9. The van der Waals surface area contributed by atoms with Gasteiger partial charge in [-0.1, -0.05) is 19.1 Å². The summed E-state index contributed by atoms with van der Waals surface area (Å²) in [5, 5.41) is 0. The molecule has 0 aliphatic heterocycles. The summed E-state index contributed by atoms with van der Waals surface area (Å²) in [4.78, 5) is 11.9. The number of rotatable bonds is 6. The fourth-order valence-corrected chi connectivity index (χ4v) is 2.93. The zero-order valence-electron chi connectivity index (χ0n) is 10.0. The van der Waals surface area contributed by atoms with E-state index in [0.29, 0.717) is 0 Å². The SMILES string of the molecule is COP(=O)(CC(=O)C(C)C1C=CCC1)OC. The lowest BCUT2D eigenvalue weighted by Gasteiger charge is -2.19. The van der Waals surface area contributed by atoms with Crippen molar-refractivity contribution in [3.63, 3.8) is 0 Å². The van der Waals surface area contributed by atoms with E-state index in [9.17, 15) is 9.36 Å². The van der Waals surface area contributed by atoms with Crippen molar-refractivity contribution in [3.05, 3.63) is 12.2 Å². The summed E-state index contributed by atoms with van der Waals surface area (Å²) in [6, 6.07) is 0. The smallest absolute Gasteiger partial charge is 0.312 e. The van der Waals surface area contributed by atoms with E-state index in [-0.39, 0.29) is 23.8 Å². The molecule has 0 radical (unpaired) electrons. The Morgan fingerprint density at radius 2 is 2.12 bits per heavy atom. The van der Waals surface area contributed by atoms with Crippen molar-refractivity contribution in [2.75, 3.05) is 20.4 Å². The van der Waals surface area contributed by atoms with Gasteiger partial charge in [0.05, 0.1) is 0 Å². The Labute approximate surface area is 96.5 Å². The minimum atomic E-state index is -3.21. The molecule has 0 aromatic rings. The molecule has 0 bridgehead atoms. The number of allylic oxidation sites excluding steroid dienone is 2. The first kappa shape index (κ1) is 13.6. The van der Waals surface area contributed by atoms with E-state index < -0.39 is 7.60 Å². The predicted octanol–water partition coefficient (Wildman–Crippen LogP) is 2.64. The van der Waals surface area contributed by atoms with Gasteiger partial charge >= 0.3 is 7.60 Å². The number of Topliss-reactive ketones (excluding diaryl/α,β-unsaturated/α-hetero) is 1. The third kappa shape index (κ3) is 3.27. The Morgan fingerprint density at radius 1 is 1.50 bits per heavy atom. The molecule has 0 aromatic heterocycles. The maximum Gasteiger partial charge on any atom is 0.337 e. The number of carbonyl (C=O) groups excluding carboxylic acids is 1. The number of ketones is 1. The van der Waals surface area contributed by atoms with Gasteiger partial charge in [-0.05, 0) is 18.8 Å². The fraction of sp³-hybridized carbons (Fsp3) is 0.727. The Bertz CT molecular complexity index is 316. The summed E-state index contributed by atoms with van der Waals surface area (Å²) in [5.74, 6) is 0.107. The van der Waals surface area contributed by atoms with Crippen molar-refractivity contribution in [1.29, 1.82) is 0 Å². The quantitative estimate of drug-likeness (QED) is 0.534. The normalized spacial score (nSPS) is 22.3. The van der Waals surface area contributed by atoms with Crippen LogP contribution in [0.15, 0.2) is 12.2 Å². The summed E-state index contributed by atoms with van der Waals surface area (Å²) >= 11 is 0. The Hall–Kier alpha value is -0.440. The fourth-order valence-electron chi connectivity index (χ4n) is 1.85. The van der Waals surface area contributed by atoms with E-state index in [1.807, 2.05) is 6.92 Å². The van der Waals surface area contributed by atoms with Crippen LogP contribution in [0.3, 0.4) is 0 Å². The molecule has 0 amide bonds. The molecule has 4 nitrogen and oxygen atoms in total. The molecule has 1 aliphatic rings. The van der Waals surface area contributed by atoms with Gasteiger partial charge in [-0.25, -0.2) is 0 Å². The van der Waals surface area contributed by atoms with Gasteiger partial charge in [0, 0.05) is 20.1 Å². The van der Waals surface area contributed by atoms with Gasteiger partial charge in [0.15, 0.2) is 0 Å². The minimum absolute atomic E-state index is 0.0522. The highest BCUT2D eigenvalue weighted by atomic mass is 31.2. The van der Waals surface area contributed by atoms with E-state index in [2.05, 4.69) is 12.2 Å². The average molecular weight is 246 g/mol. The van der Waals surface area contributed by atoms with Crippen LogP contribution in [0.25, 0.3) is 0 Å². The summed E-state index contributed by atoms with van der Waals surface area (Å²) in [6.45, 7) is 1.87. The van der Waals surface area contributed by atoms with Crippen molar-refractivity contribution in [2.24, 2.45) is 11.8 Å². The molecule has 2 atom stereocenters. The number of hydrogen-bond acceptors (Lipinski definition) is 4. The van der Waals surface area contributed by atoms with Gasteiger partial charge in [0.25, 0.3) is 0 Å². The Kier molecular flexibility index (Phi) is 4.90. The first-order chi connectivity index (χ1) is 7.52. The first-order valence-electron chi connectivity index (χ1n) is 5.42. The van der Waals surface area contributed by atoms with E-state index >= 15 is 0 Å². The second kappa shape index (κ2) is 5.76. The topological polar surface area (TPSA) is 52.6 Å². The van der Waals surface area contributed by atoms with E-state index in [4.69, 9.17) is 9.05 Å². The van der Waals surface area contributed by atoms with E-state index in [0.717, 1.165) is 12.8 Å². The first-order valence-corrected chi connectivity index (χ1v) is 7.15. The standard InChI is InChI=1S/C11H19O4P/c1-9(10-6-4-5-7-10)11(12)8-16(13,14-2)15-3/h4,6,9-10H,5,7-8H2,1-3H3. The molecule has 92 valence electrons. The summed E-state index contributed by atoms with van der Waals surface area (Å²) in [5.41, 5.74) is 0. The highest BCUT2D eigenvalue weighted by Gasteiger charge is 2.31. The molecule has 1 rings (SSSR count). The van der Waals surface area contributed by atoms with E-state index in [1.54, 1.807) is 0 Å². The van der Waals surface area contributed by atoms with Crippen molar-refractivity contribution in [1.82, 2.24) is 0 Å². The van der Waals surface area contributed by atoms with Gasteiger partial charge < -0.3 is 9.05 Å². The van der Waals surface area contributed by atoms with Crippen LogP contribution in [0.4, 0.5) is 0 Å². The predicted molar refractivity (Wildman–Crippen MR) is 62.5 cm³/mol. The molecule has 1 aliphatic carbocycles. The third-order valence-corrected chi connectivity index (χ3v) is 4.92. The Morgan fingerprint density at radius 3 is 2.56 bits per heavy atom. The molecule has 0 spiro atoms. The van der Waals surface area contributed by atoms with Crippen LogP contribution < -0.4 is 0 Å². The molecular weight excluding hydrogens is 227 g/mol. The van der Waals surface area contributed by atoms with Crippen LogP contribution in [0.2, 0.25) is 0 Å². The molecule has 5 heteroatoms. The van der Waals surface area contributed by atoms with Crippen LogP contribution >= 0.6 is 7.60 Å². The van der Waals surface area contributed by atoms with Crippen LogP contribution in [0.1, 0.15) is 19.8 Å². The summed E-state index contributed by atoms with van der Waals surface area (Å²) in [6.07, 6.45) is 6.03. The lowest BCUT2D eigenvalue weighted by molar-refractivity contribution is -0.121. The molecular formula is C11H19O4P. The Balaban J connectivity index is 2.57. The van der Waals surface area contributed by atoms with Crippen molar-refractivity contribution < 1.29 is 18.4 Å². The lowest BCUT2D eigenvalue weighted by atomic mass is 9.91.